The van der Waals surface area contributed by atoms with Crippen molar-refractivity contribution >= 4 is 5.82 Å². The summed E-state index contributed by atoms with van der Waals surface area (Å²) in [6.07, 6.45) is 7.14. The summed E-state index contributed by atoms with van der Waals surface area (Å²) in [5, 5.41) is 8.13. The molecule has 0 aliphatic heterocycles. The maximum atomic E-state index is 5.98. The number of hydrogen-bond acceptors (Lipinski definition) is 6. The molecule has 0 spiro atoms. The fourth-order valence-corrected chi connectivity index (χ4v) is 2.53. The van der Waals surface area contributed by atoms with E-state index in [0.29, 0.717) is 22.8 Å². The van der Waals surface area contributed by atoms with Crippen LogP contribution in [-0.4, -0.2) is 20.2 Å². The first-order chi connectivity index (χ1) is 12.8. The Morgan fingerprint density at radius 2 is 1.69 bits per heavy atom. The first kappa shape index (κ1) is 15.5. The van der Waals surface area contributed by atoms with Crippen LogP contribution >= 0.6 is 0 Å². The standard InChI is InChI=1S/C20H13N5O.3H2/c1-2-13-8-6-7-11-15(13)16-12-22-18(21)17(23-16)20-25-24-19(26-20)14-9-4-3-5-10-14;;;/h1,3-12H,(H2,21,22);3*1H. The van der Waals surface area contributed by atoms with Crippen LogP contribution in [0.25, 0.3) is 34.3 Å². The van der Waals surface area contributed by atoms with Gasteiger partial charge in [0.2, 0.25) is 5.89 Å². The lowest BCUT2D eigenvalue weighted by Gasteiger charge is -2.06. The second-order valence-electron chi connectivity index (χ2n) is 5.46. The number of nitrogens with two attached hydrogens (primary N) is 1. The third-order valence-corrected chi connectivity index (χ3v) is 3.81. The molecular formula is C20H19N5O. The summed E-state index contributed by atoms with van der Waals surface area (Å²) in [6.45, 7) is 0. The minimum atomic E-state index is 0. The zero-order valence-corrected chi connectivity index (χ0v) is 13.6. The SMILES string of the molecule is C#Cc1ccccc1-c1cnc(N)c(-c2nnc(-c3ccccc3)o2)n1.[HH].[HH].[HH]. The number of terminal acetylenes is 1. The van der Waals surface area contributed by atoms with Crippen LogP contribution in [-0.2, 0) is 0 Å². The normalized spacial score (nSPS) is 10.4. The second kappa shape index (κ2) is 6.49. The van der Waals surface area contributed by atoms with Gasteiger partial charge in [-0.2, -0.15) is 0 Å². The fourth-order valence-electron chi connectivity index (χ4n) is 2.53. The first-order valence-corrected chi connectivity index (χ1v) is 7.84. The highest BCUT2D eigenvalue weighted by Crippen LogP contribution is 2.28. The van der Waals surface area contributed by atoms with E-state index >= 15 is 0 Å². The minimum absolute atomic E-state index is 0. The number of nitrogens with zero attached hydrogens (tertiary/aromatic N) is 4. The van der Waals surface area contributed by atoms with Crippen molar-refractivity contribution in [1.29, 1.82) is 0 Å². The van der Waals surface area contributed by atoms with Crippen molar-refractivity contribution in [2.24, 2.45) is 0 Å². The van der Waals surface area contributed by atoms with Crippen LogP contribution in [0.2, 0.25) is 0 Å². The monoisotopic (exact) mass is 345 g/mol. The van der Waals surface area contributed by atoms with Gasteiger partial charge in [0.15, 0.2) is 11.5 Å². The van der Waals surface area contributed by atoms with E-state index in [9.17, 15) is 0 Å². The summed E-state index contributed by atoms with van der Waals surface area (Å²) in [6, 6.07) is 16.9. The zero-order chi connectivity index (χ0) is 17.9. The molecule has 6 nitrogen and oxygen atoms in total. The Balaban J connectivity index is 0.00000140. The molecule has 0 saturated carbocycles. The van der Waals surface area contributed by atoms with E-state index in [4.69, 9.17) is 16.6 Å². The molecule has 0 bridgehead atoms. The summed E-state index contributed by atoms with van der Waals surface area (Å²) >= 11 is 0. The van der Waals surface area contributed by atoms with Crippen LogP contribution in [0.1, 0.15) is 9.84 Å². The van der Waals surface area contributed by atoms with Crippen molar-refractivity contribution in [1.82, 2.24) is 20.2 Å². The average molecular weight is 345 g/mol. The molecule has 4 rings (SSSR count). The van der Waals surface area contributed by atoms with E-state index < -0.39 is 0 Å². The fraction of sp³-hybridized carbons (Fsp3) is 0. The Hall–Kier alpha value is -3.98. The highest BCUT2D eigenvalue weighted by molar-refractivity contribution is 5.72. The third-order valence-electron chi connectivity index (χ3n) is 3.81. The largest absolute Gasteiger partial charge is 0.414 e. The predicted octanol–water partition coefficient (Wildman–Crippen LogP) is 4.16. The molecule has 0 saturated heterocycles. The molecule has 0 aliphatic carbocycles. The summed E-state index contributed by atoms with van der Waals surface area (Å²) in [4.78, 5) is 8.76. The highest BCUT2D eigenvalue weighted by atomic mass is 16.4. The number of benzene rings is 2. The molecule has 2 heterocycles. The van der Waals surface area contributed by atoms with Crippen molar-refractivity contribution in [3.63, 3.8) is 0 Å². The molecule has 0 fully saturated rings. The van der Waals surface area contributed by atoms with Crippen LogP contribution in [0.4, 0.5) is 5.82 Å². The van der Waals surface area contributed by atoms with Crippen molar-refractivity contribution in [2.45, 2.75) is 0 Å². The Morgan fingerprint density at radius 1 is 0.962 bits per heavy atom. The molecule has 0 radical (unpaired) electrons. The maximum absolute atomic E-state index is 5.98. The van der Waals surface area contributed by atoms with Gasteiger partial charge in [0.1, 0.15) is 0 Å². The Morgan fingerprint density at radius 3 is 2.50 bits per heavy atom. The lowest BCUT2D eigenvalue weighted by atomic mass is 10.1. The second-order valence-corrected chi connectivity index (χ2v) is 5.46. The predicted molar refractivity (Wildman–Crippen MR) is 105 cm³/mol. The number of anilines is 1. The van der Waals surface area contributed by atoms with Crippen LogP contribution in [0.3, 0.4) is 0 Å². The zero-order valence-electron chi connectivity index (χ0n) is 13.6. The molecule has 4 aromatic rings. The summed E-state index contributed by atoms with van der Waals surface area (Å²) in [7, 11) is 0. The molecule has 26 heavy (non-hydrogen) atoms. The van der Waals surface area contributed by atoms with E-state index in [1.54, 1.807) is 6.20 Å². The Labute approximate surface area is 154 Å². The molecule has 2 aromatic heterocycles. The van der Waals surface area contributed by atoms with Gasteiger partial charge < -0.3 is 10.2 Å². The first-order valence-electron chi connectivity index (χ1n) is 7.84. The van der Waals surface area contributed by atoms with Gasteiger partial charge in [-0.3, -0.25) is 0 Å². The van der Waals surface area contributed by atoms with Crippen LogP contribution in [0.5, 0.6) is 0 Å². The van der Waals surface area contributed by atoms with E-state index in [-0.39, 0.29) is 16.0 Å². The molecule has 6 heteroatoms. The van der Waals surface area contributed by atoms with Crippen molar-refractivity contribution in [3.05, 3.63) is 66.4 Å². The van der Waals surface area contributed by atoms with Crippen molar-refractivity contribution in [3.8, 4) is 46.6 Å². The average Bonchev–Trinajstić information content (AvgIpc) is 3.19. The molecule has 0 atom stereocenters. The summed E-state index contributed by atoms with van der Waals surface area (Å²) in [5.74, 6) is 3.44. The molecule has 0 amide bonds. The highest BCUT2D eigenvalue weighted by Gasteiger charge is 2.17. The van der Waals surface area contributed by atoms with Gasteiger partial charge >= 0.3 is 0 Å². The molecular weight excluding hydrogens is 326 g/mol. The van der Waals surface area contributed by atoms with Gasteiger partial charge in [0, 0.05) is 21.0 Å². The Kier molecular flexibility index (Phi) is 3.88. The van der Waals surface area contributed by atoms with E-state index in [2.05, 4.69) is 26.1 Å². The van der Waals surface area contributed by atoms with E-state index in [1.807, 2.05) is 54.6 Å². The molecule has 2 aromatic carbocycles. The maximum Gasteiger partial charge on any atom is 0.270 e. The number of aromatic nitrogens is 4. The van der Waals surface area contributed by atoms with Gasteiger partial charge in [0.05, 0.1) is 11.9 Å². The van der Waals surface area contributed by atoms with Crippen molar-refractivity contribution in [2.75, 3.05) is 5.73 Å². The van der Waals surface area contributed by atoms with Gasteiger partial charge in [-0.15, -0.1) is 16.6 Å². The quantitative estimate of drug-likeness (QED) is 0.561. The topological polar surface area (TPSA) is 90.7 Å². The minimum Gasteiger partial charge on any atom is -0.414 e. The van der Waals surface area contributed by atoms with Gasteiger partial charge in [-0.05, 0) is 18.2 Å². The molecule has 2 N–H and O–H groups in total. The van der Waals surface area contributed by atoms with E-state index in [1.165, 1.54) is 0 Å². The smallest absolute Gasteiger partial charge is 0.270 e. The third kappa shape index (κ3) is 2.78. The summed E-state index contributed by atoms with van der Waals surface area (Å²) in [5.41, 5.74) is 9.20. The van der Waals surface area contributed by atoms with Crippen LogP contribution in [0, 0.1) is 12.3 Å². The molecule has 0 aliphatic rings. The molecule has 0 unspecified atom stereocenters. The lowest BCUT2D eigenvalue weighted by Crippen LogP contribution is -1.99. The van der Waals surface area contributed by atoms with E-state index in [0.717, 1.165) is 11.1 Å². The van der Waals surface area contributed by atoms with Gasteiger partial charge in [-0.1, -0.05) is 42.3 Å². The van der Waals surface area contributed by atoms with Gasteiger partial charge in [0.25, 0.3) is 5.89 Å². The number of nitrogen functional groups attached to an aromatic ring is 1. The lowest BCUT2D eigenvalue weighted by molar-refractivity contribution is 0.582. The van der Waals surface area contributed by atoms with Crippen LogP contribution in [0.15, 0.2) is 65.2 Å². The number of rotatable bonds is 3. The Bertz CT molecular complexity index is 1130. The van der Waals surface area contributed by atoms with Crippen molar-refractivity contribution < 1.29 is 8.70 Å². The van der Waals surface area contributed by atoms with Gasteiger partial charge in [-0.25, -0.2) is 9.97 Å². The summed E-state index contributed by atoms with van der Waals surface area (Å²) < 4.78 is 5.74. The number of hydrogen-bond donors (Lipinski definition) is 1. The van der Waals surface area contributed by atoms with Crippen LogP contribution < -0.4 is 5.73 Å². The molecule has 130 valence electrons.